The molecule has 0 atom stereocenters. The van der Waals surface area contributed by atoms with Crippen LogP contribution in [0.15, 0.2) is 41.0 Å². The summed E-state index contributed by atoms with van der Waals surface area (Å²) in [5, 5.41) is 5.54. The summed E-state index contributed by atoms with van der Waals surface area (Å²) in [6.45, 7) is 4.32. The number of carbonyl (C=O) groups excluding carboxylic acids is 2. The van der Waals surface area contributed by atoms with E-state index < -0.39 is 0 Å². The van der Waals surface area contributed by atoms with Crippen LogP contribution in [-0.4, -0.2) is 25.0 Å². The van der Waals surface area contributed by atoms with Crippen LogP contribution in [-0.2, 0) is 11.2 Å². The van der Waals surface area contributed by atoms with Crippen molar-refractivity contribution in [2.45, 2.75) is 20.3 Å². The molecule has 2 aromatic rings. The number of furan rings is 1. The van der Waals surface area contributed by atoms with Crippen molar-refractivity contribution < 1.29 is 18.7 Å². The highest BCUT2D eigenvalue weighted by Crippen LogP contribution is 2.26. The normalized spacial score (nSPS) is 10.2. The van der Waals surface area contributed by atoms with Gasteiger partial charge in [-0.1, -0.05) is 6.07 Å². The number of anilines is 1. The molecule has 1 aromatic heterocycles. The molecule has 1 aromatic carbocycles. The maximum absolute atomic E-state index is 11.8. The van der Waals surface area contributed by atoms with Crippen molar-refractivity contribution in [3.05, 3.63) is 47.9 Å². The second-order valence-corrected chi connectivity index (χ2v) is 4.93. The first-order valence-corrected chi connectivity index (χ1v) is 7.45. The van der Waals surface area contributed by atoms with Crippen molar-refractivity contribution in [1.82, 2.24) is 5.32 Å². The Kier molecular flexibility index (Phi) is 5.80. The van der Waals surface area contributed by atoms with Crippen molar-refractivity contribution in [1.29, 1.82) is 0 Å². The molecule has 6 nitrogen and oxygen atoms in total. The van der Waals surface area contributed by atoms with E-state index in [4.69, 9.17) is 9.15 Å². The summed E-state index contributed by atoms with van der Waals surface area (Å²) >= 11 is 0. The minimum Gasteiger partial charge on any atom is -0.492 e. The van der Waals surface area contributed by atoms with Crippen LogP contribution in [0.25, 0.3) is 0 Å². The number of benzene rings is 1. The van der Waals surface area contributed by atoms with E-state index in [1.54, 1.807) is 12.1 Å². The van der Waals surface area contributed by atoms with Gasteiger partial charge in [-0.3, -0.25) is 9.59 Å². The van der Waals surface area contributed by atoms with Crippen molar-refractivity contribution in [3.8, 4) is 5.75 Å². The van der Waals surface area contributed by atoms with Crippen LogP contribution in [0.2, 0.25) is 0 Å². The van der Waals surface area contributed by atoms with Crippen LogP contribution in [0.1, 0.15) is 30.0 Å². The first-order chi connectivity index (χ1) is 11.1. The molecule has 0 fully saturated rings. The lowest BCUT2D eigenvalue weighted by atomic mass is 10.1. The van der Waals surface area contributed by atoms with Gasteiger partial charge in [0.25, 0.3) is 5.91 Å². The van der Waals surface area contributed by atoms with E-state index >= 15 is 0 Å². The molecule has 2 N–H and O–H groups in total. The molecule has 6 heteroatoms. The summed E-state index contributed by atoms with van der Waals surface area (Å²) < 4.78 is 10.5. The number of amides is 2. The predicted octanol–water partition coefficient (Wildman–Crippen LogP) is 2.61. The molecule has 0 unspecified atom stereocenters. The van der Waals surface area contributed by atoms with E-state index in [-0.39, 0.29) is 17.6 Å². The largest absolute Gasteiger partial charge is 0.492 e. The van der Waals surface area contributed by atoms with E-state index in [1.165, 1.54) is 13.2 Å². The summed E-state index contributed by atoms with van der Waals surface area (Å²) in [5.41, 5.74) is 1.62. The fourth-order valence-electron chi connectivity index (χ4n) is 2.12. The van der Waals surface area contributed by atoms with Gasteiger partial charge in [0.05, 0.1) is 18.6 Å². The van der Waals surface area contributed by atoms with Gasteiger partial charge in [0.1, 0.15) is 5.75 Å². The number of hydrogen-bond donors (Lipinski definition) is 2. The van der Waals surface area contributed by atoms with Gasteiger partial charge in [0.2, 0.25) is 5.91 Å². The van der Waals surface area contributed by atoms with Gasteiger partial charge in [-0.25, -0.2) is 0 Å². The third-order valence-corrected chi connectivity index (χ3v) is 3.10. The number of carbonyl (C=O) groups is 2. The van der Waals surface area contributed by atoms with E-state index in [0.29, 0.717) is 31.0 Å². The smallest absolute Gasteiger partial charge is 0.286 e. The van der Waals surface area contributed by atoms with Crippen molar-refractivity contribution in [2.24, 2.45) is 0 Å². The fourth-order valence-corrected chi connectivity index (χ4v) is 2.12. The Morgan fingerprint density at radius 1 is 1.26 bits per heavy atom. The molecule has 0 saturated carbocycles. The maximum Gasteiger partial charge on any atom is 0.286 e. The standard InChI is InChI=1S/C17H20N2O4/c1-3-22-15-7-6-13(11-14(15)19-12(2)20)8-9-18-17(21)16-5-4-10-23-16/h4-7,10-11H,3,8-9H2,1-2H3,(H,18,21)(H,19,20). The Bertz CT molecular complexity index is 665. The fraction of sp³-hybridized carbons (Fsp3) is 0.294. The molecule has 0 saturated heterocycles. The Morgan fingerprint density at radius 3 is 2.74 bits per heavy atom. The third kappa shape index (κ3) is 4.88. The Morgan fingerprint density at radius 2 is 2.09 bits per heavy atom. The van der Waals surface area contributed by atoms with Crippen molar-refractivity contribution in [2.75, 3.05) is 18.5 Å². The molecular weight excluding hydrogens is 296 g/mol. The van der Waals surface area contributed by atoms with Crippen molar-refractivity contribution >= 4 is 17.5 Å². The molecular formula is C17H20N2O4. The molecule has 0 aliphatic carbocycles. The van der Waals surface area contributed by atoms with Crippen LogP contribution in [0.5, 0.6) is 5.75 Å². The third-order valence-electron chi connectivity index (χ3n) is 3.10. The average Bonchev–Trinajstić information content (AvgIpc) is 3.03. The van der Waals surface area contributed by atoms with Gasteiger partial charge >= 0.3 is 0 Å². The number of ether oxygens (including phenoxy) is 1. The molecule has 2 rings (SSSR count). The average molecular weight is 316 g/mol. The highest BCUT2D eigenvalue weighted by atomic mass is 16.5. The molecule has 0 spiro atoms. The number of rotatable bonds is 7. The monoisotopic (exact) mass is 316 g/mol. The quantitative estimate of drug-likeness (QED) is 0.823. The summed E-state index contributed by atoms with van der Waals surface area (Å²) in [6.07, 6.45) is 2.09. The summed E-state index contributed by atoms with van der Waals surface area (Å²) in [7, 11) is 0. The van der Waals surface area contributed by atoms with Gasteiger partial charge in [0, 0.05) is 13.5 Å². The minimum atomic E-state index is -0.247. The van der Waals surface area contributed by atoms with E-state index in [2.05, 4.69) is 10.6 Å². The Balaban J connectivity index is 1.96. The molecule has 0 radical (unpaired) electrons. The van der Waals surface area contributed by atoms with Gasteiger partial charge in [0.15, 0.2) is 5.76 Å². The second-order valence-electron chi connectivity index (χ2n) is 4.93. The van der Waals surface area contributed by atoms with Gasteiger partial charge < -0.3 is 19.8 Å². The summed E-state index contributed by atoms with van der Waals surface area (Å²) in [5.74, 6) is 0.513. The van der Waals surface area contributed by atoms with Crippen LogP contribution in [0, 0.1) is 0 Å². The lowest BCUT2D eigenvalue weighted by Gasteiger charge is -2.12. The minimum absolute atomic E-state index is 0.158. The van der Waals surface area contributed by atoms with Crippen LogP contribution < -0.4 is 15.4 Å². The van der Waals surface area contributed by atoms with Crippen LogP contribution >= 0.6 is 0 Å². The molecule has 1 heterocycles. The Hall–Kier alpha value is -2.76. The topological polar surface area (TPSA) is 80.6 Å². The summed E-state index contributed by atoms with van der Waals surface area (Å²) in [6, 6.07) is 8.86. The predicted molar refractivity (Wildman–Crippen MR) is 86.7 cm³/mol. The molecule has 23 heavy (non-hydrogen) atoms. The maximum atomic E-state index is 11.8. The highest BCUT2D eigenvalue weighted by Gasteiger charge is 2.09. The van der Waals surface area contributed by atoms with E-state index in [1.807, 2.05) is 25.1 Å². The van der Waals surface area contributed by atoms with Gasteiger partial charge in [-0.05, 0) is 43.2 Å². The van der Waals surface area contributed by atoms with Gasteiger partial charge in [-0.2, -0.15) is 0 Å². The van der Waals surface area contributed by atoms with Crippen molar-refractivity contribution in [3.63, 3.8) is 0 Å². The zero-order chi connectivity index (χ0) is 16.7. The zero-order valence-corrected chi connectivity index (χ0v) is 13.2. The zero-order valence-electron chi connectivity index (χ0n) is 13.2. The van der Waals surface area contributed by atoms with Crippen LogP contribution in [0.3, 0.4) is 0 Å². The number of nitrogens with one attached hydrogen (secondary N) is 2. The van der Waals surface area contributed by atoms with E-state index in [9.17, 15) is 9.59 Å². The van der Waals surface area contributed by atoms with Crippen LogP contribution in [0.4, 0.5) is 5.69 Å². The second kappa shape index (κ2) is 8.03. The van der Waals surface area contributed by atoms with Gasteiger partial charge in [-0.15, -0.1) is 0 Å². The number of hydrogen-bond acceptors (Lipinski definition) is 4. The lowest BCUT2D eigenvalue weighted by Crippen LogP contribution is -2.25. The summed E-state index contributed by atoms with van der Waals surface area (Å²) in [4.78, 5) is 23.0. The molecule has 0 aliphatic rings. The highest BCUT2D eigenvalue weighted by molar-refractivity contribution is 5.91. The lowest BCUT2D eigenvalue weighted by molar-refractivity contribution is -0.114. The molecule has 0 aliphatic heterocycles. The SMILES string of the molecule is CCOc1ccc(CCNC(=O)c2ccco2)cc1NC(C)=O. The molecule has 122 valence electrons. The Labute approximate surface area is 134 Å². The van der Waals surface area contributed by atoms with E-state index in [0.717, 1.165) is 5.56 Å². The first kappa shape index (κ1) is 16.6. The molecule has 2 amide bonds. The molecule has 0 bridgehead atoms. The first-order valence-electron chi connectivity index (χ1n) is 7.45.